The summed E-state index contributed by atoms with van der Waals surface area (Å²) in [4.78, 5) is 24.4. The second-order valence-electron chi connectivity index (χ2n) is 4.06. The molecule has 0 bridgehead atoms. The third-order valence-corrected chi connectivity index (χ3v) is 4.28. The molecule has 104 valence electrons. The highest BCUT2D eigenvalue weighted by molar-refractivity contribution is 9.10. The summed E-state index contributed by atoms with van der Waals surface area (Å²) in [6.45, 7) is 0. The number of aliphatic carboxylic acids is 1. The molecule has 1 saturated heterocycles. The van der Waals surface area contributed by atoms with Crippen molar-refractivity contribution in [2.75, 3.05) is 16.9 Å². The first-order valence-corrected chi connectivity index (χ1v) is 7.55. The molecule has 1 aromatic carbocycles. The summed E-state index contributed by atoms with van der Waals surface area (Å²) in [6.07, 6.45) is 0. The first kappa shape index (κ1) is 14.7. The zero-order valence-corrected chi connectivity index (χ0v) is 12.6. The molecule has 20 heavy (non-hydrogen) atoms. The van der Waals surface area contributed by atoms with Crippen LogP contribution in [0.1, 0.15) is 5.56 Å². The fourth-order valence-corrected chi connectivity index (χ4v) is 3.26. The summed E-state index contributed by atoms with van der Waals surface area (Å²) in [5, 5.41) is 20.6. The Morgan fingerprint density at radius 2 is 2.30 bits per heavy atom. The SMILES string of the molecule is N#Cc1ccc(Br)cc1NC(=O)N1CSCC1C(=O)O. The van der Waals surface area contributed by atoms with Crippen LogP contribution in [0.3, 0.4) is 0 Å². The van der Waals surface area contributed by atoms with Crippen molar-refractivity contribution in [1.29, 1.82) is 5.26 Å². The standard InChI is InChI=1S/C12H10BrN3O3S/c13-8-2-1-7(4-14)9(3-8)15-12(19)16-6-20-5-10(16)11(17)18/h1-3,10H,5-6H2,(H,15,19)(H,17,18). The fraction of sp³-hybridized carbons (Fsp3) is 0.250. The quantitative estimate of drug-likeness (QED) is 0.848. The van der Waals surface area contributed by atoms with Crippen molar-refractivity contribution in [3.05, 3.63) is 28.2 Å². The number of carbonyl (C=O) groups is 2. The number of urea groups is 1. The van der Waals surface area contributed by atoms with Gasteiger partial charge in [-0.25, -0.2) is 9.59 Å². The number of benzene rings is 1. The Labute approximate surface area is 127 Å². The third kappa shape index (κ3) is 3.05. The first-order chi connectivity index (χ1) is 9.52. The van der Waals surface area contributed by atoms with Crippen molar-refractivity contribution >= 4 is 45.4 Å². The Morgan fingerprint density at radius 1 is 1.55 bits per heavy atom. The number of halogens is 1. The Balaban J connectivity index is 2.18. The van der Waals surface area contributed by atoms with Crippen LogP contribution in [-0.2, 0) is 4.79 Å². The molecule has 1 aliphatic rings. The summed E-state index contributed by atoms with van der Waals surface area (Å²) in [5.41, 5.74) is 0.674. The van der Waals surface area contributed by atoms with E-state index in [2.05, 4.69) is 21.2 Å². The number of carbonyl (C=O) groups excluding carboxylic acids is 1. The molecule has 1 aliphatic heterocycles. The maximum Gasteiger partial charge on any atom is 0.327 e. The van der Waals surface area contributed by atoms with Gasteiger partial charge in [-0.2, -0.15) is 5.26 Å². The van der Waals surface area contributed by atoms with Crippen LogP contribution in [0.15, 0.2) is 22.7 Å². The molecule has 0 radical (unpaired) electrons. The van der Waals surface area contributed by atoms with Crippen molar-refractivity contribution in [1.82, 2.24) is 4.90 Å². The van der Waals surface area contributed by atoms with Crippen LogP contribution >= 0.6 is 27.7 Å². The van der Waals surface area contributed by atoms with Crippen LogP contribution < -0.4 is 5.32 Å². The number of nitriles is 1. The van der Waals surface area contributed by atoms with E-state index in [4.69, 9.17) is 10.4 Å². The molecule has 1 aromatic rings. The molecule has 0 spiro atoms. The van der Waals surface area contributed by atoms with Gasteiger partial charge in [0.05, 0.1) is 17.1 Å². The molecule has 2 N–H and O–H groups in total. The molecule has 1 heterocycles. The molecule has 0 aromatic heterocycles. The van der Waals surface area contributed by atoms with E-state index in [1.54, 1.807) is 18.2 Å². The molecule has 0 aliphatic carbocycles. The Bertz CT molecular complexity index is 602. The van der Waals surface area contributed by atoms with Crippen LogP contribution in [0.4, 0.5) is 10.5 Å². The summed E-state index contributed by atoms with van der Waals surface area (Å²) in [6, 6.07) is 5.50. The predicted octanol–water partition coefficient (Wildman–Crippen LogP) is 2.31. The van der Waals surface area contributed by atoms with Gasteiger partial charge in [-0.15, -0.1) is 11.8 Å². The van der Waals surface area contributed by atoms with Gasteiger partial charge in [0.15, 0.2) is 0 Å². The Hall–Kier alpha value is -1.72. The number of anilines is 1. The number of amides is 2. The Morgan fingerprint density at radius 3 is 2.95 bits per heavy atom. The van der Waals surface area contributed by atoms with Gasteiger partial charge >= 0.3 is 12.0 Å². The van der Waals surface area contributed by atoms with Crippen molar-refractivity contribution in [3.63, 3.8) is 0 Å². The van der Waals surface area contributed by atoms with Crippen LogP contribution in [0.5, 0.6) is 0 Å². The van der Waals surface area contributed by atoms with E-state index in [-0.39, 0.29) is 0 Å². The summed E-state index contributed by atoms with van der Waals surface area (Å²) >= 11 is 4.64. The van der Waals surface area contributed by atoms with Crippen molar-refractivity contribution in [2.45, 2.75) is 6.04 Å². The van der Waals surface area contributed by atoms with E-state index in [9.17, 15) is 9.59 Å². The normalized spacial score (nSPS) is 17.6. The van der Waals surface area contributed by atoms with Crippen molar-refractivity contribution in [2.24, 2.45) is 0 Å². The lowest BCUT2D eigenvalue weighted by Gasteiger charge is -2.21. The highest BCUT2D eigenvalue weighted by Crippen LogP contribution is 2.25. The zero-order chi connectivity index (χ0) is 14.7. The minimum absolute atomic E-state index is 0.318. The van der Waals surface area contributed by atoms with E-state index >= 15 is 0 Å². The van der Waals surface area contributed by atoms with Gasteiger partial charge in [0.1, 0.15) is 12.1 Å². The van der Waals surface area contributed by atoms with Gasteiger partial charge in [-0.3, -0.25) is 0 Å². The number of nitrogens with zero attached hydrogens (tertiary/aromatic N) is 2. The van der Waals surface area contributed by atoms with Crippen molar-refractivity contribution in [3.8, 4) is 6.07 Å². The molecule has 2 amide bonds. The molecule has 0 saturated carbocycles. The minimum atomic E-state index is -1.03. The number of thioether (sulfide) groups is 1. The molecule has 1 unspecified atom stereocenters. The largest absolute Gasteiger partial charge is 0.480 e. The average molecular weight is 356 g/mol. The summed E-state index contributed by atoms with van der Waals surface area (Å²) in [7, 11) is 0. The molecular weight excluding hydrogens is 346 g/mol. The first-order valence-electron chi connectivity index (χ1n) is 5.60. The lowest BCUT2D eigenvalue weighted by molar-refractivity contribution is -0.140. The number of rotatable bonds is 2. The number of carboxylic acids is 1. The molecule has 1 atom stereocenters. The highest BCUT2D eigenvalue weighted by Gasteiger charge is 2.34. The monoisotopic (exact) mass is 355 g/mol. The number of hydrogen-bond donors (Lipinski definition) is 2. The summed E-state index contributed by atoms with van der Waals surface area (Å²) < 4.78 is 0.720. The van der Waals surface area contributed by atoms with Crippen LogP contribution in [-0.4, -0.2) is 39.7 Å². The maximum absolute atomic E-state index is 12.1. The zero-order valence-electron chi connectivity index (χ0n) is 10.2. The van der Waals surface area contributed by atoms with Crippen LogP contribution in [0, 0.1) is 11.3 Å². The smallest absolute Gasteiger partial charge is 0.327 e. The third-order valence-electron chi connectivity index (χ3n) is 2.77. The van der Waals surface area contributed by atoms with E-state index in [1.165, 1.54) is 16.7 Å². The van der Waals surface area contributed by atoms with E-state index in [0.717, 1.165) is 4.47 Å². The number of nitrogens with one attached hydrogen (secondary N) is 1. The maximum atomic E-state index is 12.1. The van der Waals surface area contributed by atoms with Crippen LogP contribution in [0.2, 0.25) is 0 Å². The van der Waals surface area contributed by atoms with Gasteiger partial charge in [-0.1, -0.05) is 15.9 Å². The molecule has 2 rings (SSSR count). The van der Waals surface area contributed by atoms with Gasteiger partial charge in [0.25, 0.3) is 0 Å². The van der Waals surface area contributed by atoms with E-state index in [1.807, 2.05) is 6.07 Å². The molecular formula is C12H10BrN3O3S. The summed E-state index contributed by atoms with van der Waals surface area (Å²) in [5.74, 6) is -0.342. The molecule has 6 nitrogen and oxygen atoms in total. The topological polar surface area (TPSA) is 93.4 Å². The predicted molar refractivity (Wildman–Crippen MR) is 78.5 cm³/mol. The van der Waals surface area contributed by atoms with Gasteiger partial charge < -0.3 is 15.3 Å². The number of hydrogen-bond acceptors (Lipinski definition) is 4. The van der Waals surface area contributed by atoms with E-state index in [0.29, 0.717) is 22.9 Å². The van der Waals surface area contributed by atoms with E-state index < -0.39 is 18.0 Å². The van der Waals surface area contributed by atoms with Crippen molar-refractivity contribution < 1.29 is 14.7 Å². The fourth-order valence-electron chi connectivity index (χ4n) is 1.75. The van der Waals surface area contributed by atoms with Gasteiger partial charge in [0, 0.05) is 10.2 Å². The Kier molecular flexibility index (Phi) is 4.52. The van der Waals surface area contributed by atoms with Gasteiger partial charge in [0.2, 0.25) is 0 Å². The lowest BCUT2D eigenvalue weighted by Crippen LogP contribution is -2.44. The minimum Gasteiger partial charge on any atom is -0.480 e. The second kappa shape index (κ2) is 6.15. The van der Waals surface area contributed by atoms with Gasteiger partial charge in [-0.05, 0) is 18.2 Å². The lowest BCUT2D eigenvalue weighted by atomic mass is 10.2. The molecule has 8 heteroatoms. The number of carboxylic acid groups (broad SMARTS) is 1. The average Bonchev–Trinajstić information content (AvgIpc) is 2.88. The molecule has 1 fully saturated rings. The van der Waals surface area contributed by atoms with Crippen LogP contribution in [0.25, 0.3) is 0 Å². The highest BCUT2D eigenvalue weighted by atomic mass is 79.9. The second-order valence-corrected chi connectivity index (χ2v) is 5.97.